The number of rotatable bonds is 4. The van der Waals surface area contributed by atoms with E-state index in [2.05, 4.69) is 30.7 Å². The topological polar surface area (TPSA) is 45.4 Å². The van der Waals surface area contributed by atoms with Gasteiger partial charge in [-0.2, -0.15) is 0 Å². The fraction of sp³-hybridized carbons (Fsp3) is 0.615. The van der Waals surface area contributed by atoms with Crippen molar-refractivity contribution >= 4 is 33.3 Å². The molecule has 0 amide bonds. The number of anilines is 1. The molecule has 4 nitrogen and oxygen atoms in total. The standard InChI is InChI=1S/C13H20BrClN4/c14-12-9-11(15)10-17-13(12)19-6-2-5-18(7-8-19)4-1-3-16/h9-10H,1-8,16H2. The summed E-state index contributed by atoms with van der Waals surface area (Å²) in [7, 11) is 0. The molecule has 0 saturated carbocycles. The molecule has 6 heteroatoms. The van der Waals surface area contributed by atoms with Crippen molar-refractivity contribution in [3.8, 4) is 0 Å². The minimum Gasteiger partial charge on any atom is -0.354 e. The third kappa shape index (κ3) is 4.31. The van der Waals surface area contributed by atoms with Crippen molar-refractivity contribution in [2.75, 3.05) is 44.2 Å². The smallest absolute Gasteiger partial charge is 0.143 e. The molecule has 0 radical (unpaired) electrons. The average molecular weight is 348 g/mol. The van der Waals surface area contributed by atoms with E-state index in [4.69, 9.17) is 17.3 Å². The maximum Gasteiger partial charge on any atom is 0.143 e. The molecule has 2 N–H and O–H groups in total. The van der Waals surface area contributed by atoms with Gasteiger partial charge in [0.2, 0.25) is 0 Å². The molecule has 19 heavy (non-hydrogen) atoms. The Morgan fingerprint density at radius 1 is 1.32 bits per heavy atom. The molecule has 1 aliphatic rings. The van der Waals surface area contributed by atoms with Crippen LogP contribution >= 0.6 is 27.5 Å². The lowest BCUT2D eigenvalue weighted by atomic mass is 10.3. The van der Waals surface area contributed by atoms with E-state index in [0.29, 0.717) is 5.02 Å². The Bertz CT molecular complexity index is 416. The Balaban J connectivity index is 1.98. The van der Waals surface area contributed by atoms with Gasteiger partial charge in [0.25, 0.3) is 0 Å². The number of hydrogen-bond acceptors (Lipinski definition) is 4. The first-order chi connectivity index (χ1) is 9.20. The number of halogens is 2. The van der Waals surface area contributed by atoms with Gasteiger partial charge in [0.15, 0.2) is 0 Å². The Labute approximate surface area is 128 Å². The zero-order chi connectivity index (χ0) is 13.7. The van der Waals surface area contributed by atoms with Crippen LogP contribution in [-0.2, 0) is 0 Å². The van der Waals surface area contributed by atoms with E-state index in [-0.39, 0.29) is 0 Å². The maximum atomic E-state index is 5.94. The molecule has 106 valence electrons. The highest BCUT2D eigenvalue weighted by molar-refractivity contribution is 9.10. The van der Waals surface area contributed by atoms with Gasteiger partial charge in [0, 0.05) is 25.8 Å². The number of nitrogens with two attached hydrogens (primary N) is 1. The molecule has 1 fully saturated rings. The summed E-state index contributed by atoms with van der Waals surface area (Å²) in [6.07, 6.45) is 3.93. The lowest BCUT2D eigenvalue weighted by molar-refractivity contribution is 0.291. The lowest BCUT2D eigenvalue weighted by Gasteiger charge is -2.23. The van der Waals surface area contributed by atoms with Crippen LogP contribution in [0.4, 0.5) is 5.82 Å². The minimum absolute atomic E-state index is 0.662. The van der Waals surface area contributed by atoms with E-state index >= 15 is 0 Å². The summed E-state index contributed by atoms with van der Waals surface area (Å²) < 4.78 is 0.968. The van der Waals surface area contributed by atoms with Crippen molar-refractivity contribution < 1.29 is 0 Å². The number of hydrogen-bond donors (Lipinski definition) is 1. The third-order valence-corrected chi connectivity index (χ3v) is 4.15. The Kier molecular flexibility index (Phi) is 5.88. The fourth-order valence-corrected chi connectivity index (χ4v) is 3.25. The fourth-order valence-electron chi connectivity index (χ4n) is 2.36. The SMILES string of the molecule is NCCCN1CCCN(c2ncc(Cl)cc2Br)CC1. The van der Waals surface area contributed by atoms with Gasteiger partial charge in [-0.1, -0.05) is 11.6 Å². The zero-order valence-corrected chi connectivity index (χ0v) is 13.3. The van der Waals surface area contributed by atoms with Gasteiger partial charge in [-0.3, -0.25) is 0 Å². The normalized spacial score (nSPS) is 17.5. The molecule has 2 heterocycles. The van der Waals surface area contributed by atoms with Crippen molar-refractivity contribution in [3.63, 3.8) is 0 Å². The first-order valence-electron chi connectivity index (χ1n) is 6.69. The van der Waals surface area contributed by atoms with Crippen LogP contribution in [0, 0.1) is 0 Å². The monoisotopic (exact) mass is 346 g/mol. The van der Waals surface area contributed by atoms with E-state index < -0.39 is 0 Å². The van der Waals surface area contributed by atoms with E-state index in [9.17, 15) is 0 Å². The summed E-state index contributed by atoms with van der Waals surface area (Å²) in [5.41, 5.74) is 5.57. The minimum atomic E-state index is 0.662. The van der Waals surface area contributed by atoms with Crippen LogP contribution < -0.4 is 10.6 Å². The van der Waals surface area contributed by atoms with E-state index in [1.807, 2.05) is 6.07 Å². The summed E-state index contributed by atoms with van der Waals surface area (Å²) in [5, 5.41) is 0.662. The second-order valence-corrected chi connectivity index (χ2v) is 6.07. The Morgan fingerprint density at radius 2 is 2.16 bits per heavy atom. The van der Waals surface area contributed by atoms with Gasteiger partial charge in [0.1, 0.15) is 5.82 Å². The van der Waals surface area contributed by atoms with Gasteiger partial charge in [0.05, 0.1) is 9.50 Å². The molecule has 0 spiro atoms. The summed E-state index contributed by atoms with van der Waals surface area (Å²) in [5.74, 6) is 0.991. The molecule has 1 aromatic rings. The van der Waals surface area contributed by atoms with Crippen molar-refractivity contribution in [2.45, 2.75) is 12.8 Å². The molecule has 0 aliphatic carbocycles. The number of aromatic nitrogens is 1. The molecular weight excluding hydrogens is 328 g/mol. The van der Waals surface area contributed by atoms with Crippen LogP contribution in [-0.4, -0.2) is 49.2 Å². The van der Waals surface area contributed by atoms with Crippen molar-refractivity contribution in [3.05, 3.63) is 21.8 Å². The van der Waals surface area contributed by atoms with Crippen LogP contribution in [0.1, 0.15) is 12.8 Å². The molecule has 1 saturated heterocycles. The number of pyridine rings is 1. The first-order valence-corrected chi connectivity index (χ1v) is 7.86. The molecule has 1 aromatic heterocycles. The molecule has 0 atom stereocenters. The summed E-state index contributed by atoms with van der Waals surface area (Å²) in [6.45, 7) is 6.10. The van der Waals surface area contributed by atoms with E-state index in [1.165, 1.54) is 0 Å². The largest absolute Gasteiger partial charge is 0.354 e. The van der Waals surface area contributed by atoms with Crippen molar-refractivity contribution in [1.29, 1.82) is 0 Å². The predicted octanol–water partition coefficient (Wildman–Crippen LogP) is 2.36. The number of nitrogens with zero attached hydrogens (tertiary/aromatic N) is 3. The molecule has 2 rings (SSSR count). The van der Waals surface area contributed by atoms with E-state index in [1.54, 1.807) is 6.20 Å². The van der Waals surface area contributed by atoms with Gasteiger partial charge in [-0.05, 0) is 54.5 Å². The highest BCUT2D eigenvalue weighted by atomic mass is 79.9. The summed E-state index contributed by atoms with van der Waals surface area (Å²) in [6, 6.07) is 1.90. The predicted molar refractivity (Wildman–Crippen MR) is 83.9 cm³/mol. The quantitative estimate of drug-likeness (QED) is 0.908. The Hall–Kier alpha value is -0.360. The van der Waals surface area contributed by atoms with Crippen LogP contribution in [0.5, 0.6) is 0 Å². The van der Waals surface area contributed by atoms with Crippen LogP contribution in [0.25, 0.3) is 0 Å². The third-order valence-electron chi connectivity index (χ3n) is 3.35. The van der Waals surface area contributed by atoms with Crippen LogP contribution in [0.15, 0.2) is 16.7 Å². The summed E-state index contributed by atoms with van der Waals surface area (Å²) in [4.78, 5) is 9.24. The van der Waals surface area contributed by atoms with Gasteiger partial charge in [-0.15, -0.1) is 0 Å². The summed E-state index contributed by atoms with van der Waals surface area (Å²) >= 11 is 9.48. The lowest BCUT2D eigenvalue weighted by Crippen LogP contribution is -2.32. The zero-order valence-electron chi connectivity index (χ0n) is 11.0. The first kappa shape index (κ1) is 15.0. The van der Waals surface area contributed by atoms with Crippen molar-refractivity contribution in [1.82, 2.24) is 9.88 Å². The maximum absolute atomic E-state index is 5.94. The van der Waals surface area contributed by atoms with Gasteiger partial charge in [-0.25, -0.2) is 4.98 Å². The van der Waals surface area contributed by atoms with Crippen molar-refractivity contribution in [2.24, 2.45) is 5.73 Å². The van der Waals surface area contributed by atoms with Crippen LogP contribution in [0.3, 0.4) is 0 Å². The van der Waals surface area contributed by atoms with Gasteiger partial charge >= 0.3 is 0 Å². The molecule has 0 aromatic carbocycles. The van der Waals surface area contributed by atoms with Gasteiger partial charge < -0.3 is 15.5 Å². The van der Waals surface area contributed by atoms with E-state index in [0.717, 1.165) is 62.4 Å². The molecule has 0 unspecified atom stereocenters. The highest BCUT2D eigenvalue weighted by Crippen LogP contribution is 2.27. The molecule has 1 aliphatic heterocycles. The van der Waals surface area contributed by atoms with Crippen LogP contribution in [0.2, 0.25) is 5.02 Å². The second-order valence-electron chi connectivity index (χ2n) is 4.78. The molecule has 0 bridgehead atoms. The highest BCUT2D eigenvalue weighted by Gasteiger charge is 2.17. The average Bonchev–Trinajstić information content (AvgIpc) is 2.62. The Morgan fingerprint density at radius 3 is 2.89 bits per heavy atom. The second kappa shape index (κ2) is 7.43. The molecular formula is C13H20BrClN4.